The molecule has 0 aromatic heterocycles. The van der Waals surface area contributed by atoms with Crippen LogP contribution in [0.2, 0.25) is 0 Å². The Morgan fingerprint density at radius 2 is 1.67 bits per heavy atom. The van der Waals surface area contributed by atoms with Gasteiger partial charge in [-0.25, -0.2) is 0 Å². The van der Waals surface area contributed by atoms with Crippen LogP contribution in [0.4, 0.5) is 0 Å². The van der Waals surface area contributed by atoms with Gasteiger partial charge in [-0.1, -0.05) is 25.5 Å². The minimum atomic E-state index is -0.248. The summed E-state index contributed by atoms with van der Waals surface area (Å²) in [5.41, 5.74) is 1.99. The highest BCUT2D eigenvalue weighted by molar-refractivity contribution is 6.01. The van der Waals surface area contributed by atoms with Gasteiger partial charge in [0.15, 0.2) is 17.3 Å². The Labute approximate surface area is 248 Å². The number of methoxy groups -OCH3 is 3. The zero-order chi connectivity index (χ0) is 30.1. The third-order valence-corrected chi connectivity index (χ3v) is 10.7. The molecule has 4 aliphatic rings. The monoisotopic (exact) mass is 576 g/mol. The Bertz CT molecular complexity index is 1310. The quantitative estimate of drug-likeness (QED) is 0.321. The van der Waals surface area contributed by atoms with E-state index in [2.05, 4.69) is 30.6 Å². The van der Waals surface area contributed by atoms with Gasteiger partial charge in [0.25, 0.3) is 0 Å². The molecular weight excluding hydrogens is 532 g/mol. The van der Waals surface area contributed by atoms with Crippen molar-refractivity contribution in [2.45, 2.75) is 52.4 Å². The average Bonchev–Trinajstić information content (AvgIpc) is 3.35. The third kappa shape index (κ3) is 5.36. The van der Waals surface area contributed by atoms with Crippen LogP contribution in [-0.4, -0.2) is 52.0 Å². The molecular formula is C34H44N2O6. The molecule has 3 saturated carbocycles. The van der Waals surface area contributed by atoms with E-state index in [0.29, 0.717) is 48.1 Å². The zero-order valence-electron chi connectivity index (χ0n) is 25.5. The largest absolute Gasteiger partial charge is 0.493 e. The molecule has 0 bridgehead atoms. The molecule has 0 spiro atoms. The van der Waals surface area contributed by atoms with E-state index in [1.54, 1.807) is 45.6 Å². The molecule has 42 heavy (non-hydrogen) atoms. The van der Waals surface area contributed by atoms with E-state index in [0.717, 1.165) is 44.1 Å². The predicted octanol–water partition coefficient (Wildman–Crippen LogP) is 4.88. The van der Waals surface area contributed by atoms with Gasteiger partial charge < -0.3 is 24.8 Å². The van der Waals surface area contributed by atoms with Gasteiger partial charge in [0.1, 0.15) is 0 Å². The number of carbonyl (C=O) groups excluding carboxylic acids is 3. The van der Waals surface area contributed by atoms with Crippen molar-refractivity contribution in [1.29, 1.82) is 0 Å². The number of hydrogen-bond acceptors (Lipinski definition) is 6. The highest BCUT2D eigenvalue weighted by Gasteiger charge is 2.59. The van der Waals surface area contributed by atoms with Crippen LogP contribution in [-0.2, 0) is 14.4 Å². The van der Waals surface area contributed by atoms with Gasteiger partial charge in [0.2, 0.25) is 17.6 Å². The molecule has 2 N–H and O–H groups in total. The summed E-state index contributed by atoms with van der Waals surface area (Å²) in [7, 11) is 4.63. The Kier molecular flexibility index (Phi) is 8.53. The van der Waals surface area contributed by atoms with Crippen LogP contribution in [0.3, 0.4) is 0 Å². The number of carbonyl (C=O) groups is 3. The van der Waals surface area contributed by atoms with Gasteiger partial charge in [-0.2, -0.15) is 0 Å². The fraction of sp³-hybridized carbons (Fsp3) is 0.559. The molecule has 4 aliphatic carbocycles. The van der Waals surface area contributed by atoms with Gasteiger partial charge in [-0.05, 0) is 97.6 Å². The van der Waals surface area contributed by atoms with Crippen molar-refractivity contribution in [3.05, 3.63) is 47.6 Å². The normalized spacial score (nSPS) is 31.5. The number of benzene rings is 1. The second kappa shape index (κ2) is 12.0. The lowest BCUT2D eigenvalue weighted by atomic mass is 9.48. The van der Waals surface area contributed by atoms with Crippen LogP contribution in [0, 0.1) is 34.5 Å². The summed E-state index contributed by atoms with van der Waals surface area (Å²) >= 11 is 0. The van der Waals surface area contributed by atoms with Crippen molar-refractivity contribution < 1.29 is 28.6 Å². The third-order valence-electron chi connectivity index (χ3n) is 10.7. The van der Waals surface area contributed by atoms with Gasteiger partial charge in [-0.3, -0.25) is 14.4 Å². The van der Waals surface area contributed by atoms with Crippen LogP contribution >= 0.6 is 0 Å². The topological polar surface area (TPSA) is 103 Å². The SMILES string of the molecule is COc1cc(/C=C/C(=O)NCCNC(=O)[C@H]2CC[C@H]3[C@@H]4CCC5=CC(=O)C=C[C@]5(C)[C@H]4CC[C@]23C)cc(OC)c1OC. The first-order chi connectivity index (χ1) is 20.1. The minimum absolute atomic E-state index is 0.00713. The van der Waals surface area contributed by atoms with Gasteiger partial charge in [0.05, 0.1) is 21.3 Å². The van der Waals surface area contributed by atoms with Crippen molar-refractivity contribution >= 4 is 23.7 Å². The van der Waals surface area contributed by atoms with E-state index in [1.165, 1.54) is 11.6 Å². The number of rotatable bonds is 9. The molecule has 8 heteroatoms. The average molecular weight is 577 g/mol. The van der Waals surface area contributed by atoms with Crippen LogP contribution in [0.25, 0.3) is 6.08 Å². The van der Waals surface area contributed by atoms with Crippen molar-refractivity contribution in [2.75, 3.05) is 34.4 Å². The van der Waals surface area contributed by atoms with Gasteiger partial charge in [-0.15, -0.1) is 0 Å². The molecule has 0 aliphatic heterocycles. The van der Waals surface area contributed by atoms with Gasteiger partial charge in [0, 0.05) is 30.5 Å². The van der Waals surface area contributed by atoms with E-state index in [9.17, 15) is 14.4 Å². The number of nitrogens with one attached hydrogen (secondary N) is 2. The van der Waals surface area contributed by atoms with Crippen molar-refractivity contribution in [3.63, 3.8) is 0 Å². The fourth-order valence-electron chi connectivity index (χ4n) is 8.55. The Balaban J connectivity index is 1.13. The summed E-state index contributed by atoms with van der Waals surface area (Å²) < 4.78 is 16.1. The maximum Gasteiger partial charge on any atom is 0.244 e. The molecule has 1 aromatic carbocycles. The first-order valence-electron chi connectivity index (χ1n) is 15.1. The predicted molar refractivity (Wildman–Crippen MR) is 161 cm³/mol. The fourth-order valence-corrected chi connectivity index (χ4v) is 8.55. The summed E-state index contributed by atoms with van der Waals surface area (Å²) in [5, 5.41) is 5.95. The second-order valence-corrected chi connectivity index (χ2v) is 12.7. The van der Waals surface area contributed by atoms with E-state index < -0.39 is 0 Å². The molecule has 226 valence electrons. The van der Waals surface area contributed by atoms with Crippen molar-refractivity contribution in [3.8, 4) is 17.2 Å². The summed E-state index contributed by atoms with van der Waals surface area (Å²) in [4.78, 5) is 37.9. The van der Waals surface area contributed by atoms with Crippen molar-refractivity contribution in [1.82, 2.24) is 10.6 Å². The van der Waals surface area contributed by atoms with Crippen LogP contribution in [0.15, 0.2) is 42.0 Å². The smallest absolute Gasteiger partial charge is 0.244 e. The van der Waals surface area contributed by atoms with Crippen molar-refractivity contribution in [2.24, 2.45) is 34.5 Å². The molecule has 8 nitrogen and oxygen atoms in total. The highest BCUT2D eigenvalue weighted by Crippen LogP contribution is 2.65. The summed E-state index contributed by atoms with van der Waals surface area (Å²) in [6.07, 6.45) is 15.1. The number of ketones is 1. The molecule has 0 radical (unpaired) electrons. The van der Waals surface area contributed by atoms with Crippen LogP contribution in [0.1, 0.15) is 57.9 Å². The molecule has 6 atom stereocenters. The molecule has 0 unspecified atom stereocenters. The first kappa shape index (κ1) is 29.9. The number of hydrogen-bond donors (Lipinski definition) is 2. The van der Waals surface area contributed by atoms with Crippen LogP contribution < -0.4 is 24.8 Å². The maximum atomic E-state index is 13.4. The Morgan fingerprint density at radius 1 is 0.952 bits per heavy atom. The summed E-state index contributed by atoms with van der Waals surface area (Å²) in [6, 6.07) is 3.54. The van der Waals surface area contributed by atoms with E-state index in [1.807, 2.05) is 6.08 Å². The molecule has 1 aromatic rings. The first-order valence-corrected chi connectivity index (χ1v) is 15.1. The highest BCUT2D eigenvalue weighted by atomic mass is 16.5. The van der Waals surface area contributed by atoms with Crippen LogP contribution in [0.5, 0.6) is 17.2 Å². The van der Waals surface area contributed by atoms with E-state index in [4.69, 9.17) is 14.2 Å². The lowest BCUT2D eigenvalue weighted by Gasteiger charge is -2.56. The lowest BCUT2D eigenvalue weighted by Crippen LogP contribution is -2.51. The summed E-state index contributed by atoms with van der Waals surface area (Å²) in [5.74, 6) is 3.12. The Morgan fingerprint density at radius 3 is 2.36 bits per heavy atom. The number of amides is 2. The molecule has 2 amide bonds. The molecule has 3 fully saturated rings. The zero-order valence-corrected chi connectivity index (χ0v) is 25.5. The Hall–Kier alpha value is -3.55. The molecule has 0 saturated heterocycles. The lowest BCUT2D eigenvalue weighted by molar-refractivity contribution is -0.131. The number of ether oxygens (including phenoxy) is 3. The minimum Gasteiger partial charge on any atom is -0.493 e. The standard InChI is InChI=1S/C34H44N2O6/c1-33-14-12-23(37)20-22(33)7-8-24-25-9-10-27(34(25,2)15-13-26(24)33)32(39)36-17-16-35-30(38)11-6-21-18-28(40-3)31(42-5)29(19-21)41-4/h6,11-12,14,18-20,24-27H,7-10,13,15-17H2,1-5H3,(H,35,38)(H,36,39)/b11-6+/t24-,25-,26-,27+,33-,34-/m0/s1. The summed E-state index contributed by atoms with van der Waals surface area (Å²) in [6.45, 7) is 5.38. The molecule has 5 rings (SSSR count). The number of fused-ring (bicyclic) bond motifs is 5. The molecule has 0 heterocycles. The van der Waals surface area contributed by atoms with E-state index in [-0.39, 0.29) is 34.3 Å². The second-order valence-electron chi connectivity index (χ2n) is 12.7. The van der Waals surface area contributed by atoms with E-state index >= 15 is 0 Å². The number of allylic oxidation sites excluding steroid dienone is 4. The van der Waals surface area contributed by atoms with Gasteiger partial charge >= 0.3 is 0 Å². The maximum absolute atomic E-state index is 13.4.